The Morgan fingerprint density at radius 2 is 1.76 bits per heavy atom. The minimum Gasteiger partial charge on any atom is -0.368 e. The molecule has 2 aliphatic heterocycles. The van der Waals surface area contributed by atoms with Crippen molar-refractivity contribution in [1.82, 2.24) is 9.21 Å². The lowest BCUT2D eigenvalue weighted by atomic mass is 10.2. The molecule has 0 aliphatic carbocycles. The van der Waals surface area contributed by atoms with Crippen molar-refractivity contribution in [3.63, 3.8) is 0 Å². The van der Waals surface area contributed by atoms with Crippen LogP contribution in [0.1, 0.15) is 12.8 Å². The van der Waals surface area contributed by atoms with Crippen LogP contribution in [0.25, 0.3) is 0 Å². The number of piperazine rings is 1. The molecule has 0 spiro atoms. The topological polar surface area (TPSA) is 66.9 Å². The molecular formula is C15H17BrCl2N2O4S. The Hall–Kier alpha value is -0.380. The second kappa shape index (κ2) is 7.70. The van der Waals surface area contributed by atoms with Crippen molar-refractivity contribution < 1.29 is 17.9 Å². The third kappa shape index (κ3) is 3.99. The van der Waals surface area contributed by atoms with E-state index in [0.29, 0.717) is 24.2 Å². The van der Waals surface area contributed by atoms with Gasteiger partial charge in [-0.2, -0.15) is 4.31 Å². The van der Waals surface area contributed by atoms with Crippen molar-refractivity contribution >= 4 is 55.1 Å². The Labute approximate surface area is 165 Å². The third-order valence-electron chi connectivity index (χ3n) is 4.32. The molecule has 1 atom stereocenters. The number of sulfonamides is 1. The van der Waals surface area contributed by atoms with Crippen LogP contribution in [0, 0.1) is 0 Å². The predicted molar refractivity (Wildman–Crippen MR) is 98.5 cm³/mol. The summed E-state index contributed by atoms with van der Waals surface area (Å²) in [5.41, 5.74) is 0. The van der Waals surface area contributed by atoms with E-state index in [-0.39, 0.29) is 33.9 Å². The monoisotopic (exact) mass is 470 g/mol. The zero-order valence-electron chi connectivity index (χ0n) is 13.3. The van der Waals surface area contributed by atoms with Crippen molar-refractivity contribution in [2.75, 3.05) is 32.8 Å². The molecule has 0 saturated carbocycles. The highest BCUT2D eigenvalue weighted by atomic mass is 79.9. The zero-order valence-corrected chi connectivity index (χ0v) is 17.2. The molecule has 25 heavy (non-hydrogen) atoms. The Kier molecular flexibility index (Phi) is 5.97. The molecule has 2 saturated heterocycles. The number of nitrogens with zero attached hydrogens (tertiary/aromatic N) is 2. The fourth-order valence-electron chi connectivity index (χ4n) is 3.03. The van der Waals surface area contributed by atoms with Crippen LogP contribution in [0.4, 0.5) is 0 Å². The van der Waals surface area contributed by atoms with Crippen LogP contribution < -0.4 is 0 Å². The van der Waals surface area contributed by atoms with Crippen molar-refractivity contribution in [3.8, 4) is 0 Å². The lowest BCUT2D eigenvalue weighted by molar-refractivity contribution is -0.142. The summed E-state index contributed by atoms with van der Waals surface area (Å²) in [5, 5.41) is 0.134. The van der Waals surface area contributed by atoms with Crippen molar-refractivity contribution in [2.45, 2.75) is 23.8 Å². The molecule has 0 N–H and O–H groups in total. The molecule has 1 aromatic carbocycles. The van der Waals surface area contributed by atoms with Crippen molar-refractivity contribution in [2.24, 2.45) is 0 Å². The Morgan fingerprint density at radius 3 is 2.28 bits per heavy atom. The largest absolute Gasteiger partial charge is 0.368 e. The van der Waals surface area contributed by atoms with E-state index >= 15 is 0 Å². The summed E-state index contributed by atoms with van der Waals surface area (Å²) >= 11 is 15.4. The predicted octanol–water partition coefficient (Wildman–Crippen LogP) is 2.77. The van der Waals surface area contributed by atoms with E-state index in [9.17, 15) is 13.2 Å². The first-order chi connectivity index (χ1) is 11.8. The fraction of sp³-hybridized carbons (Fsp3) is 0.533. The van der Waals surface area contributed by atoms with Gasteiger partial charge in [0.2, 0.25) is 10.0 Å². The molecule has 138 valence electrons. The standard InChI is InChI=1S/C15H17BrCl2N2O4S/c16-10-8-11(17)14(12(18)9-10)25(22,23)20-5-3-19(4-6-20)15(21)13-2-1-7-24-13/h8-9,13H,1-7H2. The van der Waals surface area contributed by atoms with Gasteiger partial charge in [0.1, 0.15) is 11.0 Å². The molecule has 6 nitrogen and oxygen atoms in total. The minimum atomic E-state index is -3.83. The van der Waals surface area contributed by atoms with Crippen LogP contribution >= 0.6 is 39.1 Å². The molecule has 0 radical (unpaired) electrons. The molecule has 1 amide bonds. The number of carbonyl (C=O) groups is 1. The van der Waals surface area contributed by atoms with Crippen LogP contribution in [-0.4, -0.2) is 62.4 Å². The lowest BCUT2D eigenvalue weighted by Crippen LogP contribution is -2.52. The first-order valence-corrected chi connectivity index (χ1v) is 10.8. The van der Waals surface area contributed by atoms with Gasteiger partial charge in [-0.3, -0.25) is 4.79 Å². The van der Waals surface area contributed by atoms with Gasteiger partial charge in [0.15, 0.2) is 0 Å². The minimum absolute atomic E-state index is 0.0609. The number of hydrogen-bond acceptors (Lipinski definition) is 4. The van der Waals surface area contributed by atoms with Crippen LogP contribution in [0.3, 0.4) is 0 Å². The van der Waals surface area contributed by atoms with Gasteiger partial charge in [-0.15, -0.1) is 0 Å². The number of ether oxygens (including phenoxy) is 1. The fourth-order valence-corrected chi connectivity index (χ4v) is 6.34. The van der Waals surface area contributed by atoms with Crippen molar-refractivity contribution in [1.29, 1.82) is 0 Å². The third-order valence-corrected chi connectivity index (χ3v) is 7.60. The van der Waals surface area contributed by atoms with Gasteiger partial charge in [0, 0.05) is 37.3 Å². The van der Waals surface area contributed by atoms with Gasteiger partial charge in [0.25, 0.3) is 5.91 Å². The number of amides is 1. The van der Waals surface area contributed by atoms with Gasteiger partial charge in [-0.25, -0.2) is 8.42 Å². The summed E-state index contributed by atoms with van der Waals surface area (Å²) in [5.74, 6) is -0.0609. The lowest BCUT2D eigenvalue weighted by Gasteiger charge is -2.35. The molecule has 2 aliphatic rings. The highest BCUT2D eigenvalue weighted by Gasteiger charge is 2.35. The average Bonchev–Trinajstić information content (AvgIpc) is 3.07. The first kappa shape index (κ1) is 19.4. The van der Waals surface area contributed by atoms with E-state index in [0.717, 1.165) is 12.8 Å². The molecule has 1 unspecified atom stereocenters. The smallest absolute Gasteiger partial charge is 0.251 e. The first-order valence-electron chi connectivity index (χ1n) is 7.86. The van der Waals surface area contributed by atoms with Crippen LogP contribution in [0.15, 0.2) is 21.5 Å². The zero-order chi connectivity index (χ0) is 18.2. The SMILES string of the molecule is O=C(C1CCCO1)N1CCN(S(=O)(=O)c2c(Cl)cc(Br)cc2Cl)CC1. The Bertz CT molecular complexity index is 753. The van der Waals surface area contributed by atoms with Gasteiger partial charge >= 0.3 is 0 Å². The van der Waals surface area contributed by atoms with Crippen LogP contribution in [0.5, 0.6) is 0 Å². The molecule has 0 bridgehead atoms. The average molecular weight is 472 g/mol. The summed E-state index contributed by atoms with van der Waals surface area (Å²) in [6, 6.07) is 3.00. The van der Waals surface area contributed by atoms with E-state index in [1.54, 1.807) is 4.90 Å². The quantitative estimate of drug-likeness (QED) is 0.679. The molecule has 10 heteroatoms. The molecule has 3 rings (SSSR count). The summed E-state index contributed by atoms with van der Waals surface area (Å²) in [4.78, 5) is 13.9. The number of benzene rings is 1. The van der Waals surface area contributed by atoms with Gasteiger partial charge in [-0.1, -0.05) is 39.1 Å². The Morgan fingerprint density at radius 1 is 1.16 bits per heavy atom. The number of rotatable bonds is 3. The van der Waals surface area contributed by atoms with Crippen LogP contribution in [-0.2, 0) is 19.6 Å². The van der Waals surface area contributed by atoms with E-state index in [1.807, 2.05) is 0 Å². The maximum Gasteiger partial charge on any atom is 0.251 e. The molecule has 2 fully saturated rings. The Balaban J connectivity index is 1.73. The second-order valence-electron chi connectivity index (χ2n) is 5.93. The summed E-state index contributed by atoms with van der Waals surface area (Å²) in [7, 11) is -3.83. The van der Waals surface area contributed by atoms with E-state index in [4.69, 9.17) is 27.9 Å². The summed E-state index contributed by atoms with van der Waals surface area (Å²) < 4.78 is 33.1. The molecule has 0 aromatic heterocycles. The number of carbonyl (C=O) groups excluding carboxylic acids is 1. The van der Waals surface area contributed by atoms with Gasteiger partial charge in [-0.05, 0) is 25.0 Å². The highest BCUT2D eigenvalue weighted by molar-refractivity contribution is 9.10. The number of hydrogen-bond donors (Lipinski definition) is 0. The normalized spacial score (nSPS) is 22.4. The molecular weight excluding hydrogens is 455 g/mol. The van der Waals surface area contributed by atoms with Gasteiger partial charge in [0.05, 0.1) is 10.0 Å². The maximum atomic E-state index is 12.9. The van der Waals surface area contributed by atoms with Gasteiger partial charge < -0.3 is 9.64 Å². The second-order valence-corrected chi connectivity index (χ2v) is 9.53. The molecule has 1 aromatic rings. The maximum absolute atomic E-state index is 12.9. The molecule has 2 heterocycles. The van der Waals surface area contributed by atoms with E-state index in [1.165, 1.54) is 16.4 Å². The van der Waals surface area contributed by atoms with Crippen molar-refractivity contribution in [3.05, 3.63) is 26.7 Å². The van der Waals surface area contributed by atoms with E-state index in [2.05, 4.69) is 15.9 Å². The van der Waals surface area contributed by atoms with Crippen LogP contribution in [0.2, 0.25) is 10.0 Å². The van der Waals surface area contributed by atoms with E-state index < -0.39 is 16.1 Å². The highest BCUT2D eigenvalue weighted by Crippen LogP contribution is 2.35. The number of halogens is 3. The summed E-state index contributed by atoms with van der Waals surface area (Å²) in [6.07, 6.45) is 1.21. The summed E-state index contributed by atoms with van der Waals surface area (Å²) in [6.45, 7) is 1.64.